The third-order valence-electron chi connectivity index (χ3n) is 2.75. The number of nitrogens with zero attached hydrogens (tertiary/aromatic N) is 2. The van der Waals surface area contributed by atoms with Gasteiger partial charge in [-0.1, -0.05) is 26.7 Å². The quantitative estimate of drug-likeness (QED) is 0.780. The predicted molar refractivity (Wildman–Crippen MR) is 62.3 cm³/mol. The molecule has 0 aliphatic carbocycles. The van der Waals surface area contributed by atoms with Gasteiger partial charge in [-0.3, -0.25) is 9.97 Å². The molecule has 0 amide bonds. The van der Waals surface area contributed by atoms with E-state index in [4.69, 9.17) is 5.73 Å². The Morgan fingerprint density at radius 2 is 1.87 bits per heavy atom. The summed E-state index contributed by atoms with van der Waals surface area (Å²) < 4.78 is 0. The molecule has 1 heterocycles. The Morgan fingerprint density at radius 1 is 1.20 bits per heavy atom. The van der Waals surface area contributed by atoms with Gasteiger partial charge in [-0.25, -0.2) is 0 Å². The van der Waals surface area contributed by atoms with Crippen LogP contribution in [0.25, 0.3) is 0 Å². The monoisotopic (exact) mass is 207 g/mol. The summed E-state index contributed by atoms with van der Waals surface area (Å²) in [4.78, 5) is 8.34. The van der Waals surface area contributed by atoms with Gasteiger partial charge in [0.25, 0.3) is 0 Å². The van der Waals surface area contributed by atoms with E-state index in [-0.39, 0.29) is 6.04 Å². The van der Waals surface area contributed by atoms with E-state index in [0.29, 0.717) is 5.92 Å². The standard InChI is InChI=1S/C12H21N3/c1-3-5-10(6-4-2)12(13)11-9-14-7-8-15-11/h7-10,12H,3-6,13H2,1-2H3. The highest BCUT2D eigenvalue weighted by molar-refractivity contribution is 5.02. The van der Waals surface area contributed by atoms with E-state index in [2.05, 4.69) is 23.8 Å². The summed E-state index contributed by atoms with van der Waals surface area (Å²) >= 11 is 0. The lowest BCUT2D eigenvalue weighted by molar-refractivity contribution is 0.363. The molecule has 0 saturated carbocycles. The van der Waals surface area contributed by atoms with Gasteiger partial charge in [0.2, 0.25) is 0 Å². The van der Waals surface area contributed by atoms with E-state index in [1.165, 1.54) is 25.7 Å². The fourth-order valence-corrected chi connectivity index (χ4v) is 1.97. The summed E-state index contributed by atoms with van der Waals surface area (Å²) in [5.74, 6) is 0.539. The lowest BCUT2D eigenvalue weighted by Gasteiger charge is -2.22. The summed E-state index contributed by atoms with van der Waals surface area (Å²) in [6, 6.07) is 0.0404. The van der Waals surface area contributed by atoms with Crippen LogP contribution in [0.15, 0.2) is 18.6 Å². The van der Waals surface area contributed by atoms with Crippen molar-refractivity contribution in [3.63, 3.8) is 0 Å². The molecule has 1 aromatic rings. The summed E-state index contributed by atoms with van der Waals surface area (Å²) in [6.07, 6.45) is 9.88. The van der Waals surface area contributed by atoms with Crippen LogP contribution in [0.5, 0.6) is 0 Å². The topological polar surface area (TPSA) is 51.8 Å². The van der Waals surface area contributed by atoms with Crippen molar-refractivity contribution in [2.75, 3.05) is 0 Å². The molecule has 3 heteroatoms. The third kappa shape index (κ3) is 3.59. The maximum Gasteiger partial charge on any atom is 0.0756 e. The fraction of sp³-hybridized carbons (Fsp3) is 0.667. The Kier molecular flexibility index (Phi) is 5.26. The summed E-state index contributed by atoms with van der Waals surface area (Å²) in [5.41, 5.74) is 7.13. The molecule has 15 heavy (non-hydrogen) atoms. The molecule has 1 unspecified atom stereocenters. The van der Waals surface area contributed by atoms with Gasteiger partial charge in [0, 0.05) is 18.6 Å². The lowest BCUT2D eigenvalue weighted by Crippen LogP contribution is -2.22. The number of nitrogens with two attached hydrogens (primary N) is 1. The number of hydrogen-bond acceptors (Lipinski definition) is 3. The van der Waals surface area contributed by atoms with Crippen LogP contribution in [0.2, 0.25) is 0 Å². The molecule has 1 aromatic heterocycles. The Hall–Kier alpha value is -0.960. The van der Waals surface area contributed by atoms with Crippen LogP contribution in [0.4, 0.5) is 0 Å². The van der Waals surface area contributed by atoms with Crippen molar-refractivity contribution in [1.82, 2.24) is 9.97 Å². The molecular formula is C12H21N3. The van der Waals surface area contributed by atoms with Crippen LogP contribution in [-0.4, -0.2) is 9.97 Å². The summed E-state index contributed by atoms with van der Waals surface area (Å²) in [5, 5.41) is 0. The van der Waals surface area contributed by atoms with Crippen molar-refractivity contribution in [3.8, 4) is 0 Å². The predicted octanol–water partition coefficient (Wildman–Crippen LogP) is 2.69. The molecule has 3 nitrogen and oxygen atoms in total. The van der Waals surface area contributed by atoms with E-state index in [1.54, 1.807) is 18.6 Å². The first-order chi connectivity index (χ1) is 7.29. The van der Waals surface area contributed by atoms with Crippen LogP contribution in [-0.2, 0) is 0 Å². The molecule has 0 saturated heterocycles. The van der Waals surface area contributed by atoms with Gasteiger partial charge in [-0.15, -0.1) is 0 Å². The SMILES string of the molecule is CCCC(CCC)C(N)c1cnccn1. The third-order valence-corrected chi connectivity index (χ3v) is 2.75. The Bertz CT molecular complexity index is 255. The largest absolute Gasteiger partial charge is 0.322 e. The van der Waals surface area contributed by atoms with Gasteiger partial charge in [0.15, 0.2) is 0 Å². The van der Waals surface area contributed by atoms with Crippen molar-refractivity contribution < 1.29 is 0 Å². The van der Waals surface area contributed by atoms with Crippen molar-refractivity contribution in [1.29, 1.82) is 0 Å². The molecule has 84 valence electrons. The zero-order valence-electron chi connectivity index (χ0n) is 9.69. The molecule has 0 bridgehead atoms. The minimum absolute atomic E-state index is 0.0404. The van der Waals surface area contributed by atoms with Crippen molar-refractivity contribution >= 4 is 0 Å². The van der Waals surface area contributed by atoms with Gasteiger partial charge in [-0.05, 0) is 18.8 Å². The molecule has 0 fully saturated rings. The van der Waals surface area contributed by atoms with E-state index >= 15 is 0 Å². The van der Waals surface area contributed by atoms with E-state index < -0.39 is 0 Å². The summed E-state index contributed by atoms with van der Waals surface area (Å²) in [6.45, 7) is 4.40. The maximum absolute atomic E-state index is 6.21. The first-order valence-electron chi connectivity index (χ1n) is 5.81. The van der Waals surface area contributed by atoms with Crippen molar-refractivity contribution in [2.24, 2.45) is 11.7 Å². The van der Waals surface area contributed by atoms with Crippen LogP contribution >= 0.6 is 0 Å². The molecule has 0 spiro atoms. The average Bonchev–Trinajstić information content (AvgIpc) is 2.29. The van der Waals surface area contributed by atoms with Crippen LogP contribution in [0, 0.1) is 5.92 Å². The minimum Gasteiger partial charge on any atom is -0.322 e. The van der Waals surface area contributed by atoms with Gasteiger partial charge in [0.1, 0.15) is 0 Å². The molecule has 2 N–H and O–H groups in total. The minimum atomic E-state index is 0.0404. The van der Waals surface area contributed by atoms with Crippen LogP contribution in [0.3, 0.4) is 0 Å². The highest BCUT2D eigenvalue weighted by Crippen LogP contribution is 2.25. The van der Waals surface area contributed by atoms with Crippen LogP contribution in [0.1, 0.15) is 51.3 Å². The maximum atomic E-state index is 6.21. The normalized spacial score (nSPS) is 13.1. The van der Waals surface area contributed by atoms with Gasteiger partial charge >= 0.3 is 0 Å². The lowest BCUT2D eigenvalue weighted by atomic mass is 9.89. The number of rotatable bonds is 6. The average molecular weight is 207 g/mol. The molecule has 1 rings (SSSR count). The molecular weight excluding hydrogens is 186 g/mol. The first kappa shape index (κ1) is 12.1. The number of aromatic nitrogens is 2. The van der Waals surface area contributed by atoms with Crippen molar-refractivity contribution in [2.45, 2.75) is 45.6 Å². The molecule has 0 radical (unpaired) electrons. The van der Waals surface area contributed by atoms with Gasteiger partial charge in [0.05, 0.1) is 11.7 Å². The second-order valence-corrected chi connectivity index (χ2v) is 3.99. The zero-order valence-corrected chi connectivity index (χ0v) is 9.69. The fourth-order valence-electron chi connectivity index (χ4n) is 1.97. The first-order valence-corrected chi connectivity index (χ1v) is 5.81. The Labute approximate surface area is 92.1 Å². The molecule has 1 atom stereocenters. The second-order valence-electron chi connectivity index (χ2n) is 3.99. The van der Waals surface area contributed by atoms with Crippen LogP contribution < -0.4 is 5.73 Å². The molecule has 0 aromatic carbocycles. The van der Waals surface area contributed by atoms with E-state index in [0.717, 1.165) is 5.69 Å². The highest BCUT2D eigenvalue weighted by atomic mass is 14.8. The Balaban J connectivity index is 2.67. The zero-order chi connectivity index (χ0) is 11.1. The molecule has 0 aliphatic rings. The van der Waals surface area contributed by atoms with Gasteiger partial charge in [-0.2, -0.15) is 0 Å². The van der Waals surface area contributed by atoms with Crippen molar-refractivity contribution in [3.05, 3.63) is 24.3 Å². The Morgan fingerprint density at radius 3 is 2.33 bits per heavy atom. The summed E-state index contributed by atoms with van der Waals surface area (Å²) in [7, 11) is 0. The van der Waals surface area contributed by atoms with E-state index in [1.807, 2.05) is 0 Å². The number of hydrogen-bond donors (Lipinski definition) is 1. The van der Waals surface area contributed by atoms with E-state index in [9.17, 15) is 0 Å². The van der Waals surface area contributed by atoms with Gasteiger partial charge < -0.3 is 5.73 Å². The smallest absolute Gasteiger partial charge is 0.0756 e. The second kappa shape index (κ2) is 6.51. The highest BCUT2D eigenvalue weighted by Gasteiger charge is 2.18. The molecule has 0 aliphatic heterocycles.